The molecule has 2 N–H and O–H groups in total. The Labute approximate surface area is 149 Å². The molecule has 0 unspecified atom stereocenters. The predicted octanol–water partition coefficient (Wildman–Crippen LogP) is 3.10. The third-order valence-corrected chi connectivity index (χ3v) is 4.08. The minimum Gasteiger partial charge on any atom is -0.348 e. The highest BCUT2D eigenvalue weighted by atomic mass is 16.2. The van der Waals surface area contributed by atoms with Crippen LogP contribution in [-0.4, -0.2) is 24.9 Å². The molecule has 2 aromatic carbocycles. The number of carbonyl (C=O) groups is 2. The molecule has 4 nitrogen and oxygen atoms in total. The molecule has 0 atom stereocenters. The van der Waals surface area contributed by atoms with E-state index in [9.17, 15) is 9.59 Å². The van der Waals surface area contributed by atoms with Crippen LogP contribution in [0.1, 0.15) is 37.3 Å². The van der Waals surface area contributed by atoms with Crippen LogP contribution < -0.4 is 10.6 Å². The van der Waals surface area contributed by atoms with Gasteiger partial charge in [0.2, 0.25) is 0 Å². The smallest absolute Gasteiger partial charge is 0.309 e. The molecule has 2 amide bonds. The van der Waals surface area contributed by atoms with E-state index in [1.165, 1.54) is 0 Å². The zero-order chi connectivity index (χ0) is 18.1. The van der Waals surface area contributed by atoms with E-state index >= 15 is 0 Å². The molecule has 0 aliphatic heterocycles. The van der Waals surface area contributed by atoms with E-state index < -0.39 is 11.8 Å². The van der Waals surface area contributed by atoms with E-state index in [0.29, 0.717) is 19.0 Å². The van der Waals surface area contributed by atoms with Crippen molar-refractivity contribution < 1.29 is 9.59 Å². The molecule has 0 heterocycles. The summed E-state index contributed by atoms with van der Waals surface area (Å²) in [4.78, 5) is 23.9. The Balaban J connectivity index is 1.98. The number of hydrogen-bond donors (Lipinski definition) is 2. The average Bonchev–Trinajstić information content (AvgIpc) is 2.63. The van der Waals surface area contributed by atoms with Gasteiger partial charge in [-0.2, -0.15) is 0 Å². The van der Waals surface area contributed by atoms with Gasteiger partial charge in [-0.25, -0.2) is 0 Å². The first-order chi connectivity index (χ1) is 12.1. The normalized spacial score (nSPS) is 10.7. The lowest BCUT2D eigenvalue weighted by Crippen LogP contribution is -2.42. The zero-order valence-corrected chi connectivity index (χ0v) is 14.9. The number of nitrogens with one attached hydrogen (secondary N) is 2. The van der Waals surface area contributed by atoms with Crippen LogP contribution in [0.2, 0.25) is 0 Å². The summed E-state index contributed by atoms with van der Waals surface area (Å²) < 4.78 is 0. The third-order valence-electron chi connectivity index (χ3n) is 4.08. The summed E-state index contributed by atoms with van der Waals surface area (Å²) in [5, 5.41) is 5.43. The second-order valence-corrected chi connectivity index (χ2v) is 6.52. The van der Waals surface area contributed by atoms with Gasteiger partial charge in [0.05, 0.1) is 0 Å². The summed E-state index contributed by atoms with van der Waals surface area (Å²) in [7, 11) is 0. The van der Waals surface area contributed by atoms with Crippen LogP contribution in [0.25, 0.3) is 0 Å². The van der Waals surface area contributed by atoms with E-state index in [1.807, 2.05) is 60.7 Å². The Morgan fingerprint density at radius 1 is 0.800 bits per heavy atom. The van der Waals surface area contributed by atoms with Crippen molar-refractivity contribution in [2.24, 2.45) is 5.92 Å². The van der Waals surface area contributed by atoms with Crippen molar-refractivity contribution in [3.8, 4) is 0 Å². The molecular weight excluding hydrogens is 312 g/mol. The van der Waals surface area contributed by atoms with Crippen LogP contribution in [0.3, 0.4) is 0 Å². The van der Waals surface area contributed by atoms with Gasteiger partial charge in [0.25, 0.3) is 0 Å². The molecule has 4 heteroatoms. The first-order valence-corrected chi connectivity index (χ1v) is 8.74. The van der Waals surface area contributed by atoms with Crippen LogP contribution >= 0.6 is 0 Å². The molecule has 25 heavy (non-hydrogen) atoms. The standard InChI is InChI=1S/C21H26N2O2/c1-16(2)13-14-22-20(24)21(25)23-15-19(17-9-5-3-6-10-17)18-11-7-4-8-12-18/h3-12,16,19H,13-15H2,1-2H3,(H,22,24)(H,23,25). The molecule has 0 radical (unpaired) electrons. The van der Waals surface area contributed by atoms with Crippen molar-refractivity contribution in [2.45, 2.75) is 26.2 Å². The first-order valence-electron chi connectivity index (χ1n) is 8.74. The van der Waals surface area contributed by atoms with Crippen LogP contribution in [-0.2, 0) is 9.59 Å². The molecular formula is C21H26N2O2. The maximum absolute atomic E-state index is 12.1. The molecule has 0 saturated carbocycles. The number of benzene rings is 2. The summed E-state index contributed by atoms with van der Waals surface area (Å²) in [6.07, 6.45) is 0.857. The van der Waals surface area contributed by atoms with Crippen molar-refractivity contribution in [2.75, 3.05) is 13.1 Å². The Bertz CT molecular complexity index is 629. The Morgan fingerprint density at radius 3 is 1.76 bits per heavy atom. The maximum atomic E-state index is 12.1. The second kappa shape index (κ2) is 9.62. The lowest BCUT2D eigenvalue weighted by Gasteiger charge is -2.18. The van der Waals surface area contributed by atoms with E-state index in [1.54, 1.807) is 0 Å². The summed E-state index contributed by atoms with van der Waals surface area (Å²) in [6, 6.07) is 20.0. The summed E-state index contributed by atoms with van der Waals surface area (Å²) >= 11 is 0. The molecule has 0 aromatic heterocycles. The largest absolute Gasteiger partial charge is 0.348 e. The highest BCUT2D eigenvalue weighted by Crippen LogP contribution is 2.23. The van der Waals surface area contributed by atoms with E-state index in [4.69, 9.17) is 0 Å². The van der Waals surface area contributed by atoms with Gasteiger partial charge >= 0.3 is 11.8 Å². The highest BCUT2D eigenvalue weighted by Gasteiger charge is 2.18. The van der Waals surface area contributed by atoms with E-state index in [0.717, 1.165) is 17.5 Å². The molecule has 0 fully saturated rings. The van der Waals surface area contributed by atoms with Crippen LogP contribution in [0.15, 0.2) is 60.7 Å². The zero-order valence-electron chi connectivity index (χ0n) is 14.9. The monoisotopic (exact) mass is 338 g/mol. The lowest BCUT2D eigenvalue weighted by molar-refractivity contribution is -0.139. The maximum Gasteiger partial charge on any atom is 0.309 e. The molecule has 0 aliphatic rings. The van der Waals surface area contributed by atoms with Crippen molar-refractivity contribution in [3.05, 3.63) is 71.8 Å². The van der Waals surface area contributed by atoms with E-state index in [2.05, 4.69) is 24.5 Å². The van der Waals surface area contributed by atoms with Gasteiger partial charge in [0.15, 0.2) is 0 Å². The molecule has 0 aliphatic carbocycles. The molecule has 132 valence electrons. The third kappa shape index (κ3) is 6.07. The Hall–Kier alpha value is -2.62. The van der Waals surface area contributed by atoms with Gasteiger partial charge in [0, 0.05) is 19.0 Å². The summed E-state index contributed by atoms with van der Waals surface area (Å²) in [5.74, 6) is -0.653. The fourth-order valence-electron chi connectivity index (χ4n) is 2.63. The molecule has 0 spiro atoms. The summed E-state index contributed by atoms with van der Waals surface area (Å²) in [6.45, 7) is 5.06. The highest BCUT2D eigenvalue weighted by molar-refractivity contribution is 6.35. The van der Waals surface area contributed by atoms with Crippen molar-refractivity contribution >= 4 is 11.8 Å². The van der Waals surface area contributed by atoms with Gasteiger partial charge in [-0.15, -0.1) is 0 Å². The van der Waals surface area contributed by atoms with Crippen LogP contribution in [0.5, 0.6) is 0 Å². The molecule has 0 saturated heterocycles. The summed E-state index contributed by atoms with van der Waals surface area (Å²) in [5.41, 5.74) is 2.21. The SMILES string of the molecule is CC(C)CCNC(=O)C(=O)NCC(c1ccccc1)c1ccccc1. The Kier molecular flexibility index (Phi) is 7.20. The van der Waals surface area contributed by atoms with Crippen LogP contribution in [0, 0.1) is 5.92 Å². The Morgan fingerprint density at radius 2 is 1.28 bits per heavy atom. The van der Waals surface area contributed by atoms with Crippen LogP contribution in [0.4, 0.5) is 0 Å². The van der Waals surface area contributed by atoms with E-state index in [-0.39, 0.29) is 5.92 Å². The fourth-order valence-corrected chi connectivity index (χ4v) is 2.63. The van der Waals surface area contributed by atoms with Gasteiger partial charge in [-0.3, -0.25) is 9.59 Å². The minimum atomic E-state index is -0.583. The van der Waals surface area contributed by atoms with Crippen molar-refractivity contribution in [1.82, 2.24) is 10.6 Å². The molecule has 0 bridgehead atoms. The van der Waals surface area contributed by atoms with Gasteiger partial charge in [-0.1, -0.05) is 74.5 Å². The second-order valence-electron chi connectivity index (χ2n) is 6.52. The quantitative estimate of drug-likeness (QED) is 0.762. The van der Waals surface area contributed by atoms with Gasteiger partial charge in [0.1, 0.15) is 0 Å². The van der Waals surface area contributed by atoms with Gasteiger partial charge < -0.3 is 10.6 Å². The number of carbonyl (C=O) groups excluding carboxylic acids is 2. The number of hydrogen-bond acceptors (Lipinski definition) is 2. The molecule has 2 rings (SSSR count). The van der Waals surface area contributed by atoms with Crippen molar-refractivity contribution in [3.63, 3.8) is 0 Å². The topological polar surface area (TPSA) is 58.2 Å². The van der Waals surface area contributed by atoms with Crippen molar-refractivity contribution in [1.29, 1.82) is 0 Å². The lowest BCUT2D eigenvalue weighted by atomic mass is 9.91. The molecule has 2 aromatic rings. The number of rotatable bonds is 7. The predicted molar refractivity (Wildman–Crippen MR) is 100 cm³/mol. The first kappa shape index (κ1) is 18.7. The minimum absolute atomic E-state index is 0.00909. The number of amides is 2. The average molecular weight is 338 g/mol. The fraction of sp³-hybridized carbons (Fsp3) is 0.333. The van der Waals surface area contributed by atoms with Gasteiger partial charge in [-0.05, 0) is 23.5 Å².